The molecule has 0 aromatic heterocycles. The van der Waals surface area contributed by atoms with Crippen LogP contribution in [-0.2, 0) is 11.3 Å². The number of hydrogen-bond acceptors (Lipinski definition) is 4. The van der Waals surface area contributed by atoms with Crippen LogP contribution in [0.2, 0.25) is 0 Å². The van der Waals surface area contributed by atoms with Crippen molar-refractivity contribution in [3.8, 4) is 0 Å². The second-order valence-corrected chi connectivity index (χ2v) is 8.25. The van der Waals surface area contributed by atoms with Crippen molar-refractivity contribution in [3.05, 3.63) is 69.8 Å². The smallest absolute Gasteiger partial charge is 0.260 e. The summed E-state index contributed by atoms with van der Waals surface area (Å²) in [6, 6.07) is 14.2. The Balaban J connectivity index is 1.51. The standard InChI is InChI=1S/C22H22BrN3O2/c1-14-3-2-10-26(14)13-15-4-7-17(8-5-15)24-12-20-19-11-16(23)6-9-18(19)21(27)25-22(20)28/h4-9,11-12,14,24H,2-3,10,13H2,1H3,(H,25,27,28). The van der Waals surface area contributed by atoms with Crippen LogP contribution < -0.4 is 10.6 Å². The Morgan fingerprint density at radius 3 is 2.64 bits per heavy atom. The first kappa shape index (κ1) is 18.9. The molecule has 2 amide bonds. The molecule has 2 aromatic rings. The molecule has 0 saturated carbocycles. The number of hydrogen-bond donors (Lipinski definition) is 2. The van der Waals surface area contributed by atoms with Gasteiger partial charge in [0, 0.05) is 40.1 Å². The van der Waals surface area contributed by atoms with Crippen LogP contribution in [0.25, 0.3) is 5.57 Å². The van der Waals surface area contributed by atoms with Crippen LogP contribution in [0.15, 0.2) is 53.1 Å². The molecule has 1 fully saturated rings. The summed E-state index contributed by atoms with van der Waals surface area (Å²) in [5.41, 5.74) is 3.72. The van der Waals surface area contributed by atoms with E-state index in [2.05, 4.69) is 50.5 Å². The zero-order valence-corrected chi connectivity index (χ0v) is 17.3. The van der Waals surface area contributed by atoms with Crippen molar-refractivity contribution in [3.63, 3.8) is 0 Å². The number of halogens is 1. The largest absolute Gasteiger partial charge is 0.361 e. The molecule has 1 atom stereocenters. The highest BCUT2D eigenvalue weighted by molar-refractivity contribution is 9.10. The fraction of sp³-hybridized carbons (Fsp3) is 0.273. The second kappa shape index (κ2) is 7.89. The summed E-state index contributed by atoms with van der Waals surface area (Å²) in [6.45, 7) is 4.41. The van der Waals surface area contributed by atoms with E-state index in [0.29, 0.717) is 22.7 Å². The van der Waals surface area contributed by atoms with Gasteiger partial charge in [0.15, 0.2) is 0 Å². The molecule has 1 unspecified atom stereocenters. The van der Waals surface area contributed by atoms with Crippen LogP contribution in [-0.4, -0.2) is 29.3 Å². The summed E-state index contributed by atoms with van der Waals surface area (Å²) >= 11 is 3.41. The lowest BCUT2D eigenvalue weighted by atomic mass is 9.95. The number of rotatable bonds is 4. The highest BCUT2D eigenvalue weighted by atomic mass is 79.9. The minimum Gasteiger partial charge on any atom is -0.361 e. The molecule has 144 valence electrons. The normalized spacial score (nSPS) is 20.9. The Morgan fingerprint density at radius 2 is 1.93 bits per heavy atom. The number of likely N-dealkylation sites (tertiary alicyclic amines) is 1. The van der Waals surface area contributed by atoms with Crippen LogP contribution in [0.3, 0.4) is 0 Å². The summed E-state index contributed by atoms with van der Waals surface area (Å²) in [5.74, 6) is -0.770. The Kier molecular flexibility index (Phi) is 5.33. The number of amides is 2. The van der Waals surface area contributed by atoms with Gasteiger partial charge in [-0.05, 0) is 62.2 Å². The maximum Gasteiger partial charge on any atom is 0.260 e. The SMILES string of the molecule is CC1CCCN1Cc1ccc(NC=C2C(=O)NC(=O)c3ccc(Br)cc32)cc1. The number of carbonyl (C=O) groups is 2. The zero-order valence-electron chi connectivity index (χ0n) is 15.7. The molecule has 2 N–H and O–H groups in total. The number of anilines is 1. The Hall–Kier alpha value is -2.44. The van der Waals surface area contributed by atoms with Gasteiger partial charge in [0.05, 0.1) is 5.57 Å². The molecule has 2 aliphatic heterocycles. The van der Waals surface area contributed by atoms with E-state index >= 15 is 0 Å². The maximum atomic E-state index is 12.3. The van der Waals surface area contributed by atoms with Gasteiger partial charge >= 0.3 is 0 Å². The van der Waals surface area contributed by atoms with Gasteiger partial charge in [-0.15, -0.1) is 0 Å². The molecule has 0 aliphatic carbocycles. The third kappa shape index (κ3) is 3.88. The average Bonchev–Trinajstić information content (AvgIpc) is 3.07. The van der Waals surface area contributed by atoms with Crippen molar-refractivity contribution < 1.29 is 9.59 Å². The van der Waals surface area contributed by atoms with Crippen molar-refractivity contribution in [1.82, 2.24) is 10.2 Å². The molecule has 2 aliphatic rings. The first-order valence-corrected chi connectivity index (χ1v) is 10.3. The molecule has 0 bridgehead atoms. The van der Waals surface area contributed by atoms with Gasteiger partial charge in [-0.25, -0.2) is 0 Å². The van der Waals surface area contributed by atoms with Crippen LogP contribution in [0.1, 0.15) is 41.3 Å². The Bertz CT molecular complexity index is 953. The van der Waals surface area contributed by atoms with Crippen molar-refractivity contribution >= 4 is 39.0 Å². The molecule has 4 rings (SSSR count). The van der Waals surface area contributed by atoms with Gasteiger partial charge in [0.2, 0.25) is 0 Å². The maximum absolute atomic E-state index is 12.3. The topological polar surface area (TPSA) is 61.4 Å². The van der Waals surface area contributed by atoms with E-state index in [-0.39, 0.29) is 5.91 Å². The predicted molar refractivity (Wildman–Crippen MR) is 114 cm³/mol. The first-order valence-electron chi connectivity index (χ1n) is 9.46. The van der Waals surface area contributed by atoms with E-state index in [1.54, 1.807) is 24.4 Å². The van der Waals surface area contributed by atoms with Gasteiger partial charge in [-0.1, -0.05) is 28.1 Å². The lowest BCUT2D eigenvalue weighted by Gasteiger charge is -2.21. The molecule has 0 spiro atoms. The minimum absolute atomic E-state index is 0.370. The van der Waals surface area contributed by atoms with Crippen molar-refractivity contribution in [2.45, 2.75) is 32.4 Å². The fourth-order valence-electron chi connectivity index (χ4n) is 3.76. The van der Waals surface area contributed by atoms with Crippen LogP contribution in [0, 0.1) is 0 Å². The molecular weight excluding hydrogens is 418 g/mol. The molecule has 5 nitrogen and oxygen atoms in total. The number of imide groups is 1. The number of benzene rings is 2. The molecule has 2 heterocycles. The average molecular weight is 440 g/mol. The van der Waals surface area contributed by atoms with E-state index in [0.717, 1.165) is 23.2 Å². The fourth-order valence-corrected chi connectivity index (χ4v) is 4.13. The summed E-state index contributed by atoms with van der Waals surface area (Å²) in [7, 11) is 0. The predicted octanol–water partition coefficient (Wildman–Crippen LogP) is 4.16. The highest BCUT2D eigenvalue weighted by Gasteiger charge is 2.27. The molecule has 1 saturated heterocycles. The van der Waals surface area contributed by atoms with E-state index < -0.39 is 5.91 Å². The minimum atomic E-state index is -0.400. The van der Waals surface area contributed by atoms with Gasteiger partial charge in [0.25, 0.3) is 11.8 Å². The van der Waals surface area contributed by atoms with Gasteiger partial charge in [0.1, 0.15) is 0 Å². The number of nitrogens with one attached hydrogen (secondary N) is 2. The van der Waals surface area contributed by atoms with E-state index in [4.69, 9.17) is 0 Å². The third-order valence-corrected chi connectivity index (χ3v) is 5.89. The Labute approximate surface area is 172 Å². The summed E-state index contributed by atoms with van der Waals surface area (Å²) in [6.07, 6.45) is 4.20. The third-order valence-electron chi connectivity index (χ3n) is 5.40. The van der Waals surface area contributed by atoms with E-state index in [9.17, 15) is 9.59 Å². The second-order valence-electron chi connectivity index (χ2n) is 7.33. The number of carbonyl (C=O) groups excluding carboxylic acids is 2. The van der Waals surface area contributed by atoms with Gasteiger partial charge in [-0.2, -0.15) is 0 Å². The zero-order chi connectivity index (χ0) is 19.7. The molecule has 2 aromatic carbocycles. The van der Waals surface area contributed by atoms with E-state index in [1.807, 2.05) is 12.1 Å². The lowest BCUT2D eigenvalue weighted by molar-refractivity contribution is -0.114. The Morgan fingerprint density at radius 1 is 1.14 bits per heavy atom. The lowest BCUT2D eigenvalue weighted by Crippen LogP contribution is -2.36. The van der Waals surface area contributed by atoms with Gasteiger partial charge in [-0.3, -0.25) is 19.8 Å². The van der Waals surface area contributed by atoms with Crippen LogP contribution in [0.5, 0.6) is 0 Å². The quantitative estimate of drug-likeness (QED) is 0.554. The monoisotopic (exact) mass is 439 g/mol. The first-order chi connectivity index (χ1) is 13.5. The summed E-state index contributed by atoms with van der Waals surface area (Å²) < 4.78 is 0.820. The number of fused-ring (bicyclic) bond motifs is 1. The molecule has 28 heavy (non-hydrogen) atoms. The van der Waals surface area contributed by atoms with Crippen LogP contribution >= 0.6 is 15.9 Å². The number of nitrogens with zero attached hydrogens (tertiary/aromatic N) is 1. The van der Waals surface area contributed by atoms with Crippen molar-refractivity contribution in [2.24, 2.45) is 0 Å². The summed E-state index contributed by atoms with van der Waals surface area (Å²) in [5, 5.41) is 5.57. The highest BCUT2D eigenvalue weighted by Crippen LogP contribution is 2.27. The molecular formula is C22H22BrN3O2. The van der Waals surface area contributed by atoms with Crippen molar-refractivity contribution in [2.75, 3.05) is 11.9 Å². The van der Waals surface area contributed by atoms with Crippen LogP contribution in [0.4, 0.5) is 5.69 Å². The molecule has 6 heteroatoms. The van der Waals surface area contributed by atoms with Crippen molar-refractivity contribution in [1.29, 1.82) is 0 Å². The van der Waals surface area contributed by atoms with E-state index in [1.165, 1.54) is 18.4 Å². The van der Waals surface area contributed by atoms with Gasteiger partial charge < -0.3 is 5.32 Å². The molecule has 0 radical (unpaired) electrons. The summed E-state index contributed by atoms with van der Waals surface area (Å²) in [4.78, 5) is 26.9.